The molecule has 0 aliphatic heterocycles. The second-order valence-corrected chi connectivity index (χ2v) is 13.6. The first-order valence-electron chi connectivity index (χ1n) is 18.4. The third kappa shape index (κ3) is 5.90. The molecule has 3 heterocycles. The highest BCUT2D eigenvalue weighted by Gasteiger charge is 2.18. The summed E-state index contributed by atoms with van der Waals surface area (Å²) >= 11 is 0. The number of aromatic nitrogens is 5. The first-order valence-corrected chi connectivity index (χ1v) is 18.4. The quantitative estimate of drug-likeness (QED) is 0.127. The van der Waals surface area contributed by atoms with Crippen LogP contribution in [0.25, 0.3) is 105 Å². The van der Waals surface area contributed by atoms with E-state index in [0.29, 0.717) is 23.2 Å². The van der Waals surface area contributed by atoms with E-state index < -0.39 is 0 Å². The first kappa shape index (κ1) is 32.7. The number of rotatable bonds is 6. The van der Waals surface area contributed by atoms with Gasteiger partial charge in [0, 0.05) is 51.0 Å². The molecule has 0 N–H and O–H groups in total. The van der Waals surface area contributed by atoms with Crippen LogP contribution in [0.5, 0.6) is 0 Å². The van der Waals surface area contributed by atoms with E-state index in [4.69, 9.17) is 31.5 Å². The molecule has 0 unspecified atom stereocenters. The summed E-state index contributed by atoms with van der Waals surface area (Å²) in [5.41, 5.74) is 11.4. The molecule has 6 nitrogen and oxygen atoms in total. The lowest BCUT2D eigenvalue weighted by Gasteiger charge is -2.15. The minimum atomic E-state index is 0.586. The summed E-state index contributed by atoms with van der Waals surface area (Å²) in [7, 11) is 0. The molecule has 0 amide bonds. The summed E-state index contributed by atoms with van der Waals surface area (Å²) < 4.78 is 0. The minimum Gasteiger partial charge on any atom is -0.256 e. The van der Waals surface area contributed by atoms with Gasteiger partial charge in [-0.05, 0) is 69.4 Å². The summed E-state index contributed by atoms with van der Waals surface area (Å²) in [6, 6.07) is 57.5. The average Bonchev–Trinajstić information content (AvgIpc) is 3.29. The van der Waals surface area contributed by atoms with Gasteiger partial charge in [0.2, 0.25) is 0 Å². The maximum atomic E-state index is 7.42. The van der Waals surface area contributed by atoms with E-state index in [-0.39, 0.29) is 0 Å². The van der Waals surface area contributed by atoms with Crippen molar-refractivity contribution in [3.63, 3.8) is 0 Å². The van der Waals surface area contributed by atoms with Gasteiger partial charge in [-0.3, -0.25) is 9.97 Å². The van der Waals surface area contributed by atoms with E-state index in [0.717, 1.165) is 82.6 Å². The molecular formula is C50H30N6. The van der Waals surface area contributed by atoms with Gasteiger partial charge in [0.25, 0.3) is 0 Å². The zero-order valence-corrected chi connectivity index (χ0v) is 30.0. The van der Waals surface area contributed by atoms with Crippen LogP contribution in [-0.4, -0.2) is 24.9 Å². The van der Waals surface area contributed by atoms with Crippen LogP contribution in [0.2, 0.25) is 0 Å². The SMILES string of the molecule is [C-]#[N+]c1ccc(-c2cc3c4cccnc4c(-c4cccc(-c5nc(-c6ccccc6)nc(-c6cccc(-c7ccccc7)c6)n5)c4)cc3c3cccnc23)cc1. The van der Waals surface area contributed by atoms with Gasteiger partial charge in [0.05, 0.1) is 17.6 Å². The van der Waals surface area contributed by atoms with Gasteiger partial charge in [0.1, 0.15) is 0 Å². The van der Waals surface area contributed by atoms with Crippen molar-refractivity contribution in [3.8, 4) is 67.5 Å². The number of hydrogen-bond acceptors (Lipinski definition) is 5. The van der Waals surface area contributed by atoms with E-state index in [9.17, 15) is 0 Å². The van der Waals surface area contributed by atoms with E-state index in [2.05, 4.69) is 89.8 Å². The molecule has 10 rings (SSSR count). The second-order valence-electron chi connectivity index (χ2n) is 13.6. The topological polar surface area (TPSA) is 68.8 Å². The standard InChI is InChI=1S/C50H30N6/c1-51-39-24-22-33(23-25-39)42-30-44-41-21-11-27-53-47(41)43(31-45(44)40-20-10-26-52-46(40)42)36-17-9-19-38(29-36)50-55-48(34-14-6-3-7-15-34)54-49(56-50)37-18-8-16-35(28-37)32-12-4-2-5-13-32/h2-31H. The summed E-state index contributed by atoms with van der Waals surface area (Å²) in [6.07, 6.45) is 3.69. The zero-order valence-electron chi connectivity index (χ0n) is 30.0. The smallest absolute Gasteiger partial charge is 0.187 e. The summed E-state index contributed by atoms with van der Waals surface area (Å²) in [4.78, 5) is 28.6. The molecule has 6 heteroatoms. The fourth-order valence-corrected chi connectivity index (χ4v) is 7.50. The van der Waals surface area contributed by atoms with Gasteiger partial charge in [-0.1, -0.05) is 133 Å². The Bertz CT molecular complexity index is 3140. The fourth-order valence-electron chi connectivity index (χ4n) is 7.50. The van der Waals surface area contributed by atoms with Crippen molar-refractivity contribution < 1.29 is 0 Å². The Morgan fingerprint density at radius 2 is 0.804 bits per heavy atom. The van der Waals surface area contributed by atoms with Gasteiger partial charge in [-0.2, -0.15) is 0 Å². The summed E-state index contributed by atoms with van der Waals surface area (Å²) in [5, 5.41) is 4.26. The van der Waals surface area contributed by atoms with E-state index >= 15 is 0 Å². The fraction of sp³-hybridized carbons (Fsp3) is 0. The summed E-state index contributed by atoms with van der Waals surface area (Å²) in [6.45, 7) is 7.42. The molecule has 0 fully saturated rings. The number of fused-ring (bicyclic) bond motifs is 5. The van der Waals surface area contributed by atoms with Crippen molar-refractivity contribution >= 4 is 38.3 Å². The van der Waals surface area contributed by atoms with Crippen LogP contribution < -0.4 is 0 Å². The molecule has 7 aromatic carbocycles. The normalized spacial score (nSPS) is 11.2. The molecule has 0 aliphatic carbocycles. The molecule has 260 valence electrons. The predicted molar refractivity (Wildman–Crippen MR) is 227 cm³/mol. The van der Waals surface area contributed by atoms with Gasteiger partial charge < -0.3 is 0 Å². The van der Waals surface area contributed by atoms with Crippen LogP contribution in [-0.2, 0) is 0 Å². The Balaban J connectivity index is 1.15. The first-order chi connectivity index (χ1) is 27.7. The minimum absolute atomic E-state index is 0.586. The molecule has 10 aromatic rings. The highest BCUT2D eigenvalue weighted by molar-refractivity contribution is 6.22. The molecule has 0 atom stereocenters. The molecule has 0 aliphatic rings. The van der Waals surface area contributed by atoms with E-state index in [1.807, 2.05) is 97.3 Å². The highest BCUT2D eigenvalue weighted by Crippen LogP contribution is 2.41. The molecule has 0 saturated carbocycles. The lowest BCUT2D eigenvalue weighted by Crippen LogP contribution is -2.00. The summed E-state index contributed by atoms with van der Waals surface area (Å²) in [5.74, 6) is 1.80. The molecular weight excluding hydrogens is 685 g/mol. The molecule has 3 aromatic heterocycles. The van der Waals surface area contributed by atoms with Crippen molar-refractivity contribution in [1.82, 2.24) is 24.9 Å². The number of pyridine rings is 2. The van der Waals surface area contributed by atoms with Gasteiger partial charge in [-0.25, -0.2) is 19.8 Å². The Morgan fingerprint density at radius 1 is 0.339 bits per heavy atom. The third-order valence-corrected chi connectivity index (χ3v) is 10.2. The van der Waals surface area contributed by atoms with E-state index in [1.54, 1.807) is 0 Å². The monoisotopic (exact) mass is 714 g/mol. The van der Waals surface area contributed by atoms with Crippen molar-refractivity contribution in [2.75, 3.05) is 0 Å². The molecule has 56 heavy (non-hydrogen) atoms. The predicted octanol–water partition coefficient (Wildman–Crippen LogP) is 12.7. The van der Waals surface area contributed by atoms with Crippen LogP contribution >= 0.6 is 0 Å². The Hall–Kier alpha value is -7.88. The highest BCUT2D eigenvalue weighted by atomic mass is 15.0. The molecule has 0 bridgehead atoms. The maximum absolute atomic E-state index is 7.42. The third-order valence-electron chi connectivity index (χ3n) is 10.2. The van der Waals surface area contributed by atoms with Crippen LogP contribution in [0.15, 0.2) is 182 Å². The number of hydrogen-bond donors (Lipinski definition) is 0. The molecule has 0 saturated heterocycles. The lowest BCUT2D eigenvalue weighted by molar-refractivity contribution is 1.07. The van der Waals surface area contributed by atoms with E-state index in [1.165, 1.54) is 0 Å². The Kier molecular flexibility index (Phi) is 8.09. The van der Waals surface area contributed by atoms with Gasteiger partial charge in [-0.15, -0.1) is 0 Å². The van der Waals surface area contributed by atoms with Crippen molar-refractivity contribution in [1.29, 1.82) is 0 Å². The van der Waals surface area contributed by atoms with Gasteiger partial charge in [0.15, 0.2) is 23.2 Å². The maximum Gasteiger partial charge on any atom is 0.187 e. The Labute approximate surface area is 323 Å². The van der Waals surface area contributed by atoms with Crippen molar-refractivity contribution in [2.24, 2.45) is 0 Å². The average molecular weight is 715 g/mol. The van der Waals surface area contributed by atoms with Gasteiger partial charge >= 0.3 is 0 Å². The number of benzene rings is 7. The van der Waals surface area contributed by atoms with Crippen LogP contribution in [0.4, 0.5) is 5.69 Å². The van der Waals surface area contributed by atoms with Crippen LogP contribution in [0.1, 0.15) is 0 Å². The lowest BCUT2D eigenvalue weighted by atomic mass is 9.90. The molecule has 0 radical (unpaired) electrons. The van der Waals surface area contributed by atoms with Crippen LogP contribution in [0, 0.1) is 6.57 Å². The number of nitrogens with zero attached hydrogens (tertiary/aromatic N) is 6. The Morgan fingerprint density at radius 3 is 1.38 bits per heavy atom. The largest absolute Gasteiger partial charge is 0.256 e. The molecule has 0 spiro atoms. The second kappa shape index (κ2) is 13.8. The zero-order chi connectivity index (χ0) is 37.4. The van der Waals surface area contributed by atoms with Crippen molar-refractivity contribution in [3.05, 3.63) is 194 Å². The van der Waals surface area contributed by atoms with Crippen LogP contribution in [0.3, 0.4) is 0 Å². The van der Waals surface area contributed by atoms with Crippen molar-refractivity contribution in [2.45, 2.75) is 0 Å².